The molecule has 4 fully saturated rings. The normalized spacial score (nSPS) is 17.8. The van der Waals surface area contributed by atoms with Crippen molar-refractivity contribution < 1.29 is 28.2 Å². The maximum atomic E-state index is 16.1. The lowest BCUT2D eigenvalue weighted by molar-refractivity contribution is -0.135. The van der Waals surface area contributed by atoms with Crippen molar-refractivity contribution >= 4 is 45.5 Å². The smallest absolute Gasteiger partial charge is 0.319 e. The summed E-state index contributed by atoms with van der Waals surface area (Å²) in [6, 6.07) is 9.44. The highest BCUT2D eigenvalue weighted by Gasteiger charge is 2.35. The first kappa shape index (κ1) is 44.7. The molecule has 15 nitrogen and oxygen atoms in total. The number of hydrogen-bond donors (Lipinski definition) is 2. The zero-order valence-corrected chi connectivity index (χ0v) is 39.2. The molecule has 1 amide bonds. The van der Waals surface area contributed by atoms with E-state index in [0.717, 1.165) is 141 Å². The number of carbonyl (C=O) groups excluding carboxylic acids is 2. The molecule has 0 spiro atoms. The molecule has 352 valence electrons. The van der Waals surface area contributed by atoms with Crippen LogP contribution >= 0.6 is 0 Å². The number of hydrogen-bond acceptors (Lipinski definition) is 12. The molecule has 3 aliphatic heterocycles. The SMILES string of the molecule is CCN1CCN(c2nc(OC3CCOCC3)nc3c(OCc4ccc(-c5cn(C(C(=O)N6CCCC6)C(C)C)nc5C=O)c(NC)c4)c(-c4c(C)c(F)cc5[nH]ncc45)c(C4CC4)cc23)CC1. The summed E-state index contributed by atoms with van der Waals surface area (Å²) in [6.07, 6.45) is 9.67. The molecule has 3 aromatic carbocycles. The third kappa shape index (κ3) is 8.69. The monoisotopic (exact) mass is 912 g/mol. The fourth-order valence-electron chi connectivity index (χ4n) is 10.3. The standard InChI is InChI=1S/C51H61FN10O5/c1-6-59-17-19-60(20-18-59)49-37-24-36(33-10-11-33)45(44-31(4)40(52)25-42-38(44)26-54-57-42)48(46(37)55-51(56-49)67-34-13-21-65-22-14-34)66-29-32-9-12-35(41(23-32)53-5)39-27-62(58-43(39)28-63)47(30(2)3)50(64)61-15-7-8-16-61/h9,12,23-28,30,33-34,47,53H,6-8,10-11,13-22,29H2,1-5H3,(H,54,57). The van der Waals surface area contributed by atoms with E-state index in [1.807, 2.05) is 57.1 Å². The van der Waals surface area contributed by atoms with Crippen molar-refractivity contribution in [1.82, 2.24) is 39.7 Å². The maximum absolute atomic E-state index is 16.1. The first-order valence-corrected chi connectivity index (χ1v) is 24.1. The average molecular weight is 913 g/mol. The van der Waals surface area contributed by atoms with E-state index in [1.54, 1.807) is 10.9 Å². The van der Waals surface area contributed by atoms with Crippen LogP contribution in [-0.2, 0) is 16.1 Å². The molecule has 3 aromatic heterocycles. The van der Waals surface area contributed by atoms with Crippen LogP contribution in [-0.4, -0.2) is 124 Å². The van der Waals surface area contributed by atoms with Crippen molar-refractivity contribution in [3.05, 3.63) is 70.9 Å². The number of fused-ring (bicyclic) bond motifs is 2. The highest BCUT2D eigenvalue weighted by Crippen LogP contribution is 2.53. The van der Waals surface area contributed by atoms with Gasteiger partial charge in [-0.15, -0.1) is 0 Å². The molecule has 3 saturated heterocycles. The van der Waals surface area contributed by atoms with Gasteiger partial charge in [-0.05, 0) is 85.9 Å². The molecular formula is C51H61FN10O5. The van der Waals surface area contributed by atoms with E-state index in [1.165, 1.54) is 6.07 Å². The molecule has 6 aromatic rings. The van der Waals surface area contributed by atoms with E-state index in [-0.39, 0.29) is 48.0 Å². The Balaban J connectivity index is 1.10. The van der Waals surface area contributed by atoms with Gasteiger partial charge in [-0.3, -0.25) is 19.4 Å². The minimum absolute atomic E-state index is 0.0265. The summed E-state index contributed by atoms with van der Waals surface area (Å²) in [6.45, 7) is 15.2. The van der Waals surface area contributed by atoms with Gasteiger partial charge in [0.1, 0.15) is 41.6 Å². The number of amides is 1. The highest BCUT2D eigenvalue weighted by atomic mass is 19.1. The number of nitrogens with zero attached hydrogens (tertiary/aromatic N) is 8. The number of likely N-dealkylation sites (tertiary alicyclic amines) is 1. The lowest BCUT2D eigenvalue weighted by Gasteiger charge is -2.35. The number of likely N-dealkylation sites (N-methyl/N-ethyl adjacent to an activating group) is 1. The summed E-state index contributed by atoms with van der Waals surface area (Å²) in [4.78, 5) is 43.5. The number of anilines is 2. The number of rotatable bonds is 15. The Morgan fingerprint density at radius 3 is 2.46 bits per heavy atom. The van der Waals surface area contributed by atoms with Crippen LogP contribution < -0.4 is 19.7 Å². The van der Waals surface area contributed by atoms with E-state index in [9.17, 15) is 9.59 Å². The molecule has 67 heavy (non-hydrogen) atoms. The van der Waals surface area contributed by atoms with Gasteiger partial charge in [-0.25, -0.2) is 4.39 Å². The quantitative estimate of drug-likeness (QED) is 0.0952. The van der Waals surface area contributed by atoms with Gasteiger partial charge in [0.15, 0.2) is 12.0 Å². The predicted molar refractivity (Wildman–Crippen MR) is 257 cm³/mol. The first-order chi connectivity index (χ1) is 32.6. The Kier molecular flexibility index (Phi) is 12.6. The van der Waals surface area contributed by atoms with Crippen LogP contribution in [0, 0.1) is 18.7 Å². The predicted octanol–water partition coefficient (Wildman–Crippen LogP) is 8.31. The van der Waals surface area contributed by atoms with Crippen molar-refractivity contribution in [2.75, 3.05) is 76.3 Å². The number of aldehydes is 1. The molecule has 1 atom stereocenters. The molecule has 1 saturated carbocycles. The second-order valence-corrected chi connectivity index (χ2v) is 18.9. The molecule has 2 N–H and O–H groups in total. The lowest BCUT2D eigenvalue weighted by Crippen LogP contribution is -2.46. The van der Waals surface area contributed by atoms with Crippen molar-refractivity contribution in [2.45, 2.75) is 90.9 Å². The average Bonchev–Trinajstić information content (AvgIpc) is 3.63. The Morgan fingerprint density at radius 2 is 1.76 bits per heavy atom. The molecule has 16 heteroatoms. The Labute approximate surface area is 390 Å². The minimum atomic E-state index is -0.537. The van der Waals surface area contributed by atoms with Crippen LogP contribution in [0.2, 0.25) is 0 Å². The second-order valence-electron chi connectivity index (χ2n) is 18.9. The van der Waals surface area contributed by atoms with Crippen molar-refractivity contribution in [3.8, 4) is 34.0 Å². The van der Waals surface area contributed by atoms with Gasteiger partial charge in [-0.2, -0.15) is 20.2 Å². The summed E-state index contributed by atoms with van der Waals surface area (Å²) in [5.41, 5.74) is 7.55. The van der Waals surface area contributed by atoms with E-state index in [2.05, 4.69) is 38.3 Å². The molecule has 1 aliphatic carbocycles. The largest absolute Gasteiger partial charge is 0.486 e. The van der Waals surface area contributed by atoms with Crippen molar-refractivity contribution in [3.63, 3.8) is 0 Å². The Bertz CT molecular complexity index is 2800. The van der Waals surface area contributed by atoms with E-state index < -0.39 is 6.04 Å². The topological polar surface area (TPSA) is 156 Å². The van der Waals surface area contributed by atoms with Crippen molar-refractivity contribution in [2.24, 2.45) is 5.92 Å². The number of carbonyl (C=O) groups is 2. The van der Waals surface area contributed by atoms with Gasteiger partial charge < -0.3 is 34.2 Å². The summed E-state index contributed by atoms with van der Waals surface area (Å²) in [5, 5.41) is 17.1. The number of halogens is 1. The zero-order chi connectivity index (χ0) is 46.3. The summed E-state index contributed by atoms with van der Waals surface area (Å²) < 4.78 is 37.3. The van der Waals surface area contributed by atoms with Gasteiger partial charge in [0.25, 0.3) is 0 Å². The number of benzene rings is 3. The molecule has 10 rings (SSSR count). The third-order valence-corrected chi connectivity index (χ3v) is 14.2. The lowest BCUT2D eigenvalue weighted by atomic mass is 9.88. The van der Waals surface area contributed by atoms with E-state index in [0.29, 0.717) is 41.1 Å². The molecule has 6 heterocycles. The molecule has 4 aliphatic rings. The van der Waals surface area contributed by atoms with Crippen LogP contribution in [0.5, 0.6) is 11.8 Å². The van der Waals surface area contributed by atoms with Crippen LogP contribution in [0.15, 0.2) is 42.7 Å². The molecular weight excluding hydrogens is 852 g/mol. The number of aromatic amines is 1. The highest BCUT2D eigenvalue weighted by molar-refractivity contribution is 6.06. The second kappa shape index (κ2) is 18.9. The minimum Gasteiger partial charge on any atom is -0.486 e. The summed E-state index contributed by atoms with van der Waals surface area (Å²) >= 11 is 0. The number of piperazine rings is 1. The Morgan fingerprint density at radius 1 is 0.985 bits per heavy atom. The number of ether oxygens (including phenoxy) is 3. The van der Waals surface area contributed by atoms with Gasteiger partial charge in [0.2, 0.25) is 5.91 Å². The summed E-state index contributed by atoms with van der Waals surface area (Å²) in [7, 11) is 1.84. The maximum Gasteiger partial charge on any atom is 0.319 e. The van der Waals surface area contributed by atoms with Crippen LogP contribution in [0.1, 0.15) is 98.4 Å². The molecule has 0 bridgehead atoms. The van der Waals surface area contributed by atoms with E-state index >= 15 is 4.39 Å². The fraction of sp³-hybridized carbons (Fsp3) is 0.490. The fourth-order valence-corrected chi connectivity index (χ4v) is 10.3. The molecule has 1 unspecified atom stereocenters. The van der Waals surface area contributed by atoms with Gasteiger partial charge in [0, 0.05) is 104 Å². The van der Waals surface area contributed by atoms with Gasteiger partial charge >= 0.3 is 6.01 Å². The van der Waals surface area contributed by atoms with Gasteiger partial charge in [-0.1, -0.05) is 32.9 Å². The zero-order valence-electron chi connectivity index (χ0n) is 39.2. The first-order valence-electron chi connectivity index (χ1n) is 24.1. The number of nitrogens with one attached hydrogen (secondary N) is 2. The van der Waals surface area contributed by atoms with Crippen LogP contribution in [0.4, 0.5) is 15.9 Å². The van der Waals surface area contributed by atoms with Gasteiger partial charge in [0.05, 0.1) is 24.9 Å². The Hall–Kier alpha value is -6.13. The summed E-state index contributed by atoms with van der Waals surface area (Å²) in [5.74, 6) is 1.22. The van der Waals surface area contributed by atoms with Crippen LogP contribution in [0.25, 0.3) is 44.1 Å². The third-order valence-electron chi connectivity index (χ3n) is 14.2. The number of H-pyrrole nitrogens is 1. The van der Waals surface area contributed by atoms with Crippen LogP contribution in [0.3, 0.4) is 0 Å². The van der Waals surface area contributed by atoms with E-state index in [4.69, 9.17) is 29.3 Å². The number of aromatic nitrogens is 6. The van der Waals surface area contributed by atoms with Crippen molar-refractivity contribution in [1.29, 1.82) is 0 Å². The molecule has 0 radical (unpaired) electrons.